The summed E-state index contributed by atoms with van der Waals surface area (Å²) in [6.45, 7) is 3.66. The van der Waals surface area contributed by atoms with Gasteiger partial charge in [-0.25, -0.2) is 0 Å². The van der Waals surface area contributed by atoms with Crippen molar-refractivity contribution in [2.24, 2.45) is 0 Å². The summed E-state index contributed by atoms with van der Waals surface area (Å²) >= 11 is 0. The third-order valence-corrected chi connectivity index (χ3v) is 1.75. The first-order valence-corrected chi connectivity index (χ1v) is 6.56. The average molecular weight is 620 g/mol. The largest absolute Gasteiger partial charge is 3.00 e. The van der Waals surface area contributed by atoms with Gasteiger partial charge in [0.2, 0.25) is 0 Å². The van der Waals surface area contributed by atoms with Gasteiger partial charge in [-0.1, -0.05) is 29.9 Å². The van der Waals surface area contributed by atoms with Gasteiger partial charge in [-0.15, -0.1) is 6.58 Å². The zero-order chi connectivity index (χ0) is 23.4. The summed E-state index contributed by atoms with van der Waals surface area (Å²) < 4.78 is 8.58. The number of allylic oxidation sites excluding steroid dienone is 5. The first-order chi connectivity index (χ1) is 13.3. The maximum Gasteiger partial charge on any atom is 3.00 e. The Hall–Kier alpha value is -3.31. The van der Waals surface area contributed by atoms with Crippen molar-refractivity contribution in [3.8, 4) is 0 Å². The van der Waals surface area contributed by atoms with E-state index in [-0.39, 0.29) is 39.0 Å². The Balaban J connectivity index is -0.0000000951. The molecule has 15 nitrogen and oxygen atoms in total. The van der Waals surface area contributed by atoms with Crippen molar-refractivity contribution in [3.63, 3.8) is 0 Å². The summed E-state index contributed by atoms with van der Waals surface area (Å²) in [6.07, 6.45) is -2.21. The third-order valence-electron chi connectivity index (χ3n) is 1.75. The van der Waals surface area contributed by atoms with Crippen LogP contribution in [-0.4, -0.2) is 36.9 Å². The van der Waals surface area contributed by atoms with Crippen LogP contribution in [0.4, 0.5) is 28.8 Å². The Morgan fingerprint density at radius 3 is 1.16 bits per heavy atom. The summed E-state index contributed by atoms with van der Waals surface area (Å²) in [6, 6.07) is 0. The monoisotopic (exact) mass is 622 g/mol. The molecule has 0 aromatic rings. The Kier molecular flexibility index (Phi) is 30.6. The Bertz CT molecular complexity index is 571. The fraction of sp³-hybridized carbons (Fsp3) is 0.143. The second-order valence-corrected chi connectivity index (χ2v) is 3.76. The van der Waals surface area contributed by atoms with Crippen LogP contribution in [0.15, 0.2) is 36.5 Å². The second kappa shape index (κ2) is 24.7. The van der Waals surface area contributed by atoms with Crippen molar-refractivity contribution < 1.29 is 113 Å². The molecular weight excluding hydrogens is 610 g/mol. The quantitative estimate of drug-likeness (QED) is 0.0925. The molecule has 0 aromatic heterocycles. The number of carboxylic acid groups (broad SMARTS) is 6. The van der Waals surface area contributed by atoms with Crippen LogP contribution in [-0.2, 0) is 53.2 Å². The van der Waals surface area contributed by atoms with Gasteiger partial charge in [0.25, 0.3) is 36.9 Å². The van der Waals surface area contributed by atoms with E-state index in [1.165, 1.54) is 5.57 Å². The number of ether oxygens (including phenoxy) is 3. The van der Waals surface area contributed by atoms with Gasteiger partial charge < -0.3 is 73.6 Å². The number of carbonyl (C=O) groups excluding carboxylic acids is 6. The predicted octanol–water partition coefficient (Wildman–Crippen LogP) is -4.49. The van der Waals surface area contributed by atoms with Gasteiger partial charge in [-0.05, 0) is 12.8 Å². The van der Waals surface area contributed by atoms with Crippen molar-refractivity contribution in [3.05, 3.63) is 36.5 Å². The number of hydrogen-bond donors (Lipinski definition) is 0. The normalized spacial score (nSPS) is 9.23. The van der Waals surface area contributed by atoms with Crippen LogP contribution in [0.25, 0.3) is 0 Å². The third kappa shape index (κ3) is 46.6. The fourth-order valence-electron chi connectivity index (χ4n) is 1.03. The van der Waals surface area contributed by atoms with E-state index in [1.54, 1.807) is 0 Å². The minimum Gasteiger partial charge on any atom is -0.483 e. The summed E-state index contributed by atoms with van der Waals surface area (Å²) in [5.74, 6) is 0. The van der Waals surface area contributed by atoms with E-state index in [9.17, 15) is 0 Å². The second-order valence-electron chi connectivity index (χ2n) is 3.76. The zero-order valence-electron chi connectivity index (χ0n) is 14.8. The molecule has 0 fully saturated rings. The standard InChI is InChI=1S/C8H10.3C2H2O5.2Ru/c1-2-5-8-6-3-4-7-8;3*3-1(4)7-2(5)6;;/h2-4,6H,1,5,7H2;3*(H,3,4)(H,5,6);;/q;;;;2*+3/p-6. The first-order valence-electron chi connectivity index (χ1n) is 6.56. The predicted molar refractivity (Wildman–Crippen MR) is 72.3 cm³/mol. The van der Waals surface area contributed by atoms with E-state index < -0.39 is 36.9 Å². The van der Waals surface area contributed by atoms with Gasteiger partial charge in [-0.3, -0.25) is 0 Å². The topological polar surface area (TPSA) is 268 Å². The fourth-order valence-corrected chi connectivity index (χ4v) is 1.03. The summed E-state index contributed by atoms with van der Waals surface area (Å²) in [7, 11) is 0. The van der Waals surface area contributed by atoms with E-state index in [0.29, 0.717) is 0 Å². The van der Waals surface area contributed by atoms with Crippen LogP contribution in [0.2, 0.25) is 0 Å². The van der Waals surface area contributed by atoms with Gasteiger partial charge in [0.15, 0.2) is 0 Å². The van der Waals surface area contributed by atoms with E-state index >= 15 is 0 Å². The van der Waals surface area contributed by atoms with Crippen LogP contribution in [0.5, 0.6) is 0 Å². The molecule has 0 spiro atoms. The van der Waals surface area contributed by atoms with Gasteiger partial charge in [0.1, 0.15) is 0 Å². The van der Waals surface area contributed by atoms with Crippen molar-refractivity contribution in [1.82, 2.24) is 0 Å². The summed E-state index contributed by atoms with van der Waals surface area (Å²) in [5, 5.41) is 54.3. The molecular formula is C14H10O15Ru2. The Labute approximate surface area is 198 Å². The molecule has 0 aromatic carbocycles. The number of carbonyl (C=O) groups is 6. The molecule has 0 saturated carbocycles. The molecule has 0 atom stereocenters. The molecule has 1 rings (SSSR count). The SMILES string of the molecule is C=CCC1=CC=CC1.O=C([O-])OC(=O)[O-].O=C([O-])OC(=O)[O-].O=C([O-])OC(=O)[O-].[Ru+3].[Ru+3]. The van der Waals surface area contributed by atoms with Crippen molar-refractivity contribution >= 4 is 36.9 Å². The molecule has 2 radical (unpaired) electrons. The average Bonchev–Trinajstić information content (AvgIpc) is 2.98. The summed E-state index contributed by atoms with van der Waals surface area (Å²) in [4.78, 5) is 54.3. The van der Waals surface area contributed by atoms with Crippen molar-refractivity contribution in [1.29, 1.82) is 0 Å². The maximum atomic E-state index is 9.06. The molecule has 0 N–H and O–H groups in total. The smallest absolute Gasteiger partial charge is 0.483 e. The van der Waals surface area contributed by atoms with Crippen LogP contribution in [0, 0.1) is 0 Å². The van der Waals surface area contributed by atoms with E-state index in [2.05, 4.69) is 39.0 Å². The minimum atomic E-state index is -2.12. The molecule has 0 unspecified atom stereocenters. The zero-order valence-corrected chi connectivity index (χ0v) is 18.2. The Morgan fingerprint density at radius 1 is 0.742 bits per heavy atom. The molecule has 0 bridgehead atoms. The van der Waals surface area contributed by atoms with Gasteiger partial charge in [-0.2, -0.15) is 0 Å². The minimum absolute atomic E-state index is 0. The maximum absolute atomic E-state index is 9.06. The van der Waals surface area contributed by atoms with E-state index in [0.717, 1.165) is 12.8 Å². The molecule has 17 heteroatoms. The van der Waals surface area contributed by atoms with E-state index in [1.807, 2.05) is 6.08 Å². The van der Waals surface area contributed by atoms with Crippen molar-refractivity contribution in [2.45, 2.75) is 12.8 Å². The first kappa shape index (κ1) is 38.3. The molecule has 172 valence electrons. The van der Waals surface area contributed by atoms with Gasteiger partial charge in [0.05, 0.1) is 0 Å². The van der Waals surface area contributed by atoms with E-state index in [4.69, 9.17) is 59.4 Å². The summed E-state index contributed by atoms with van der Waals surface area (Å²) in [5.41, 5.74) is 1.47. The van der Waals surface area contributed by atoms with Crippen LogP contribution < -0.4 is 30.6 Å². The van der Waals surface area contributed by atoms with Crippen LogP contribution >= 0.6 is 0 Å². The molecule has 1 aliphatic carbocycles. The molecule has 0 saturated heterocycles. The molecule has 31 heavy (non-hydrogen) atoms. The Morgan fingerprint density at radius 2 is 1.03 bits per heavy atom. The molecule has 0 heterocycles. The molecule has 1 aliphatic rings. The number of hydrogen-bond acceptors (Lipinski definition) is 15. The molecule has 0 amide bonds. The van der Waals surface area contributed by atoms with Gasteiger partial charge in [0, 0.05) is 0 Å². The molecule has 0 aliphatic heterocycles. The van der Waals surface area contributed by atoms with Gasteiger partial charge >= 0.3 is 39.0 Å². The number of rotatable bonds is 2. The van der Waals surface area contributed by atoms with Crippen molar-refractivity contribution in [2.75, 3.05) is 0 Å². The van der Waals surface area contributed by atoms with Crippen LogP contribution in [0.3, 0.4) is 0 Å². The van der Waals surface area contributed by atoms with Crippen LogP contribution in [0.1, 0.15) is 12.8 Å².